The van der Waals surface area contributed by atoms with Crippen LogP contribution < -0.4 is 9.62 Å². The van der Waals surface area contributed by atoms with E-state index in [0.29, 0.717) is 13.0 Å². The van der Waals surface area contributed by atoms with Crippen LogP contribution in [0.4, 0.5) is 5.69 Å². The molecule has 1 atom stereocenters. The highest BCUT2D eigenvalue weighted by molar-refractivity contribution is 7.92. The van der Waals surface area contributed by atoms with Crippen LogP contribution in [0.15, 0.2) is 108 Å². The van der Waals surface area contributed by atoms with E-state index in [0.717, 1.165) is 21.0 Å². The Kier molecular flexibility index (Phi) is 11.4. The zero-order chi connectivity index (χ0) is 31.7. The van der Waals surface area contributed by atoms with Gasteiger partial charge in [-0.15, -0.1) is 0 Å². The van der Waals surface area contributed by atoms with Crippen molar-refractivity contribution in [2.45, 2.75) is 44.2 Å². The summed E-state index contributed by atoms with van der Waals surface area (Å²) < 4.78 is 29.1. The summed E-state index contributed by atoms with van der Waals surface area (Å²) in [5.41, 5.74) is 2.69. The largest absolute Gasteiger partial charge is 0.354 e. The Morgan fingerprint density at radius 1 is 0.841 bits per heavy atom. The summed E-state index contributed by atoms with van der Waals surface area (Å²) in [6.45, 7) is 3.78. The Morgan fingerprint density at radius 3 is 2.14 bits per heavy atom. The van der Waals surface area contributed by atoms with Crippen molar-refractivity contribution in [2.24, 2.45) is 0 Å². The Bertz CT molecular complexity index is 1690. The number of aryl methyl sites for hydroxylation is 1. The predicted octanol–water partition coefficient (Wildman–Crippen LogP) is 6.66. The summed E-state index contributed by atoms with van der Waals surface area (Å²) >= 11 is 12.9. The lowest BCUT2D eigenvalue weighted by Gasteiger charge is -2.34. The number of carbonyl (C=O) groups excluding carboxylic acids is 2. The van der Waals surface area contributed by atoms with Crippen LogP contribution in [0.1, 0.15) is 30.0 Å². The van der Waals surface area contributed by atoms with Gasteiger partial charge in [0.25, 0.3) is 10.0 Å². The molecule has 4 aromatic carbocycles. The monoisotopic (exact) mass is 651 g/mol. The van der Waals surface area contributed by atoms with Crippen molar-refractivity contribution in [2.75, 3.05) is 17.4 Å². The quantitative estimate of drug-likeness (QED) is 0.175. The van der Waals surface area contributed by atoms with Crippen LogP contribution in [0, 0.1) is 6.92 Å². The van der Waals surface area contributed by atoms with E-state index in [1.165, 1.54) is 23.1 Å². The second kappa shape index (κ2) is 15.2. The second-order valence-corrected chi connectivity index (χ2v) is 13.0. The maximum Gasteiger partial charge on any atom is 0.264 e. The Hall–Kier alpha value is -3.85. The van der Waals surface area contributed by atoms with Gasteiger partial charge in [-0.1, -0.05) is 109 Å². The summed E-state index contributed by atoms with van der Waals surface area (Å²) in [4.78, 5) is 29.7. The minimum Gasteiger partial charge on any atom is -0.354 e. The number of nitrogens with zero attached hydrogens (tertiary/aromatic N) is 2. The molecule has 0 saturated heterocycles. The molecule has 10 heteroatoms. The zero-order valence-corrected chi connectivity index (χ0v) is 26.9. The van der Waals surface area contributed by atoms with Crippen LogP contribution >= 0.6 is 23.2 Å². The summed E-state index contributed by atoms with van der Waals surface area (Å²) in [6.07, 6.45) is 0.948. The van der Waals surface area contributed by atoms with E-state index in [-0.39, 0.29) is 39.5 Å². The number of nitrogens with one attached hydrogen (secondary N) is 1. The molecule has 0 fully saturated rings. The van der Waals surface area contributed by atoms with E-state index >= 15 is 0 Å². The molecule has 4 aromatic rings. The third kappa shape index (κ3) is 8.00. The molecule has 0 unspecified atom stereocenters. The van der Waals surface area contributed by atoms with Crippen molar-refractivity contribution >= 4 is 50.7 Å². The number of amides is 2. The van der Waals surface area contributed by atoms with Crippen molar-refractivity contribution in [3.63, 3.8) is 0 Å². The van der Waals surface area contributed by atoms with Crippen LogP contribution in [-0.2, 0) is 32.6 Å². The third-order valence-electron chi connectivity index (χ3n) is 7.23. The van der Waals surface area contributed by atoms with Gasteiger partial charge >= 0.3 is 0 Å². The van der Waals surface area contributed by atoms with Gasteiger partial charge in [0.15, 0.2) is 0 Å². The lowest BCUT2D eigenvalue weighted by molar-refractivity contribution is -0.140. The molecule has 0 heterocycles. The average Bonchev–Trinajstić information content (AvgIpc) is 3.03. The van der Waals surface area contributed by atoms with Crippen molar-refractivity contribution in [1.82, 2.24) is 10.2 Å². The standard InChI is InChI=1S/C34H35Cl2N3O4S/c1-3-21-37-34(41)31(22-26-14-6-4-7-15-26)38(23-27-16-11-10-13-25(27)2)32(40)24-39(30-20-12-19-29(35)33(30)36)44(42,43)28-17-8-5-9-18-28/h4-20,31H,3,21-24H2,1-2H3,(H,37,41)/t31-/m1/s1. The number of carbonyl (C=O) groups is 2. The normalized spacial score (nSPS) is 11.9. The highest BCUT2D eigenvalue weighted by Crippen LogP contribution is 2.35. The third-order valence-corrected chi connectivity index (χ3v) is 9.82. The van der Waals surface area contributed by atoms with Gasteiger partial charge in [-0.3, -0.25) is 13.9 Å². The highest BCUT2D eigenvalue weighted by atomic mass is 35.5. The van der Waals surface area contributed by atoms with Gasteiger partial charge in [0.1, 0.15) is 12.6 Å². The maximum atomic E-state index is 14.5. The lowest BCUT2D eigenvalue weighted by atomic mass is 10.0. The van der Waals surface area contributed by atoms with Crippen molar-refractivity contribution in [3.05, 3.63) is 130 Å². The fourth-order valence-electron chi connectivity index (χ4n) is 4.81. The van der Waals surface area contributed by atoms with Crippen molar-refractivity contribution < 1.29 is 18.0 Å². The first-order valence-corrected chi connectivity index (χ1v) is 16.5. The molecule has 0 aromatic heterocycles. The molecule has 44 heavy (non-hydrogen) atoms. The molecule has 0 spiro atoms. The van der Waals surface area contributed by atoms with Gasteiger partial charge in [0.2, 0.25) is 11.8 Å². The summed E-state index contributed by atoms with van der Waals surface area (Å²) in [5.74, 6) is -0.896. The Morgan fingerprint density at radius 2 is 1.48 bits per heavy atom. The first-order chi connectivity index (χ1) is 21.1. The smallest absolute Gasteiger partial charge is 0.264 e. The number of benzene rings is 4. The molecule has 0 aliphatic heterocycles. The SMILES string of the molecule is CCCNC(=O)[C@@H](Cc1ccccc1)N(Cc1ccccc1C)C(=O)CN(c1cccc(Cl)c1Cl)S(=O)(=O)c1ccccc1. The van der Waals surface area contributed by atoms with Gasteiger partial charge in [-0.2, -0.15) is 0 Å². The molecule has 0 aliphatic carbocycles. The molecule has 0 radical (unpaired) electrons. The maximum absolute atomic E-state index is 14.5. The van der Waals surface area contributed by atoms with Gasteiger partial charge in [-0.05, 0) is 54.3 Å². The van der Waals surface area contributed by atoms with Crippen molar-refractivity contribution in [1.29, 1.82) is 0 Å². The number of sulfonamides is 1. The number of halogens is 2. The molecule has 0 bridgehead atoms. The minimum atomic E-state index is -4.28. The van der Waals surface area contributed by atoms with Crippen LogP contribution in [-0.4, -0.2) is 44.3 Å². The molecule has 1 N–H and O–H groups in total. The second-order valence-electron chi connectivity index (χ2n) is 10.3. The van der Waals surface area contributed by atoms with Crippen molar-refractivity contribution in [3.8, 4) is 0 Å². The first kappa shape index (κ1) is 33.1. The molecule has 2 amide bonds. The first-order valence-electron chi connectivity index (χ1n) is 14.3. The highest BCUT2D eigenvalue weighted by Gasteiger charge is 2.35. The van der Waals surface area contributed by atoms with Gasteiger partial charge in [0.05, 0.1) is 20.6 Å². The van der Waals surface area contributed by atoms with Gasteiger partial charge < -0.3 is 10.2 Å². The topological polar surface area (TPSA) is 86.8 Å². The number of anilines is 1. The summed E-state index contributed by atoms with van der Waals surface area (Å²) in [7, 11) is -4.28. The molecule has 4 rings (SSSR count). The number of rotatable bonds is 13. The van der Waals surface area contributed by atoms with E-state index < -0.39 is 28.5 Å². The van der Waals surface area contributed by atoms with E-state index in [2.05, 4.69) is 5.32 Å². The zero-order valence-electron chi connectivity index (χ0n) is 24.6. The molecule has 230 valence electrons. The van der Waals surface area contributed by atoms with Crippen LogP contribution in [0.2, 0.25) is 10.0 Å². The number of hydrogen-bond donors (Lipinski definition) is 1. The fourth-order valence-corrected chi connectivity index (χ4v) is 6.70. The molecule has 0 aliphatic rings. The fraction of sp³-hybridized carbons (Fsp3) is 0.235. The van der Waals surface area contributed by atoms with E-state index in [1.54, 1.807) is 30.3 Å². The average molecular weight is 653 g/mol. The molecule has 0 saturated carbocycles. The van der Waals surface area contributed by atoms with Gasteiger partial charge in [-0.25, -0.2) is 8.42 Å². The van der Waals surface area contributed by atoms with E-state index in [9.17, 15) is 18.0 Å². The molecule has 7 nitrogen and oxygen atoms in total. The Balaban J connectivity index is 1.83. The minimum absolute atomic E-state index is 0.00606. The predicted molar refractivity (Wildman–Crippen MR) is 176 cm³/mol. The molecular formula is C34H35Cl2N3O4S. The van der Waals surface area contributed by atoms with Gasteiger partial charge in [0, 0.05) is 19.5 Å². The summed E-state index contributed by atoms with van der Waals surface area (Å²) in [6, 6.07) is 28.5. The Labute approximate surface area is 269 Å². The summed E-state index contributed by atoms with van der Waals surface area (Å²) in [5, 5.41) is 3.08. The van der Waals surface area contributed by atoms with Crippen LogP contribution in [0.3, 0.4) is 0 Å². The van der Waals surface area contributed by atoms with Crippen LogP contribution in [0.25, 0.3) is 0 Å². The van der Waals surface area contributed by atoms with Crippen LogP contribution in [0.5, 0.6) is 0 Å². The number of hydrogen-bond acceptors (Lipinski definition) is 4. The van der Waals surface area contributed by atoms with E-state index in [4.69, 9.17) is 23.2 Å². The lowest BCUT2D eigenvalue weighted by Crippen LogP contribution is -2.53. The molecular weight excluding hydrogens is 617 g/mol. The van der Waals surface area contributed by atoms with E-state index in [1.807, 2.05) is 68.4 Å².